The van der Waals surface area contributed by atoms with Crippen LogP contribution in [0, 0.1) is 29.1 Å². The first-order valence-corrected chi connectivity index (χ1v) is 12.4. The molecule has 0 aromatic carbocycles. The van der Waals surface area contributed by atoms with Gasteiger partial charge in [-0.05, 0) is 58.4 Å². The van der Waals surface area contributed by atoms with Gasteiger partial charge < -0.3 is 10.1 Å². The minimum absolute atomic E-state index is 0.00673. The van der Waals surface area contributed by atoms with E-state index in [0.29, 0.717) is 42.2 Å². The normalized spacial score (nSPS) is 23.1. The van der Waals surface area contributed by atoms with Gasteiger partial charge in [-0.25, -0.2) is 4.79 Å². The summed E-state index contributed by atoms with van der Waals surface area (Å²) in [5, 5.41) is 3.46. The van der Waals surface area contributed by atoms with Crippen LogP contribution in [0.1, 0.15) is 93.6 Å². The van der Waals surface area contributed by atoms with Gasteiger partial charge in [0.2, 0.25) is 0 Å². The highest BCUT2D eigenvalue weighted by Crippen LogP contribution is 2.40. The van der Waals surface area contributed by atoms with Crippen LogP contribution in [0.2, 0.25) is 0 Å². The molecule has 2 aliphatic rings. The number of carbonyl (C=O) groups excluding carboxylic acids is 3. The lowest BCUT2D eigenvalue weighted by Crippen LogP contribution is -2.52. The van der Waals surface area contributed by atoms with Gasteiger partial charge in [0.05, 0.1) is 23.2 Å². The summed E-state index contributed by atoms with van der Waals surface area (Å²) in [6.07, 6.45) is 5.62. The summed E-state index contributed by atoms with van der Waals surface area (Å²) in [5.41, 5.74) is -0.397. The van der Waals surface area contributed by atoms with Crippen molar-refractivity contribution in [1.29, 1.82) is 0 Å². The zero-order chi connectivity index (χ0) is 23.5. The Balaban J connectivity index is 1.95. The SMILES string of the molecule is COC(=O)c1sc(C#CC(C)(C)C)cc1NC1(C(=O)C2CCC(C)CC2)CCC(=O)CC1. The number of hydrogen-bond donors (Lipinski definition) is 1. The van der Waals surface area contributed by atoms with Crippen molar-refractivity contribution in [3.05, 3.63) is 15.8 Å². The minimum Gasteiger partial charge on any atom is -0.465 e. The number of Topliss-reactive ketones (excluding diaryl/α,β-unsaturated/α-hetero) is 2. The molecule has 0 saturated heterocycles. The monoisotopic (exact) mass is 457 g/mol. The van der Waals surface area contributed by atoms with Crippen LogP contribution in [0.25, 0.3) is 0 Å². The van der Waals surface area contributed by atoms with Crippen LogP contribution in [0.15, 0.2) is 6.07 Å². The zero-order valence-electron chi connectivity index (χ0n) is 19.9. The van der Waals surface area contributed by atoms with Crippen LogP contribution < -0.4 is 5.32 Å². The van der Waals surface area contributed by atoms with Crippen LogP contribution in [0.3, 0.4) is 0 Å². The molecule has 0 spiro atoms. The molecule has 174 valence electrons. The predicted molar refractivity (Wildman–Crippen MR) is 128 cm³/mol. The first-order chi connectivity index (χ1) is 15.0. The quantitative estimate of drug-likeness (QED) is 0.459. The van der Waals surface area contributed by atoms with E-state index in [9.17, 15) is 14.4 Å². The van der Waals surface area contributed by atoms with E-state index in [0.717, 1.165) is 30.6 Å². The van der Waals surface area contributed by atoms with Gasteiger partial charge in [-0.2, -0.15) is 0 Å². The predicted octanol–water partition coefficient (Wildman–Crippen LogP) is 5.62. The Hall–Kier alpha value is -2.13. The van der Waals surface area contributed by atoms with Crippen molar-refractivity contribution in [1.82, 2.24) is 0 Å². The molecule has 2 saturated carbocycles. The molecule has 1 aromatic rings. The molecule has 0 atom stereocenters. The van der Waals surface area contributed by atoms with Crippen molar-refractivity contribution in [2.24, 2.45) is 17.3 Å². The third-order valence-corrected chi connectivity index (χ3v) is 7.59. The van der Waals surface area contributed by atoms with Crippen LogP contribution >= 0.6 is 11.3 Å². The Labute approximate surface area is 195 Å². The maximum absolute atomic E-state index is 13.8. The van der Waals surface area contributed by atoms with Crippen LogP contribution in [0.4, 0.5) is 5.69 Å². The van der Waals surface area contributed by atoms with Gasteiger partial charge in [-0.1, -0.05) is 31.6 Å². The summed E-state index contributed by atoms with van der Waals surface area (Å²) in [4.78, 5) is 39.5. The largest absolute Gasteiger partial charge is 0.465 e. The molecule has 0 bridgehead atoms. The number of ether oxygens (including phenoxy) is 1. The topological polar surface area (TPSA) is 72.5 Å². The van der Waals surface area contributed by atoms with Gasteiger partial charge in [0.15, 0.2) is 5.78 Å². The molecular weight excluding hydrogens is 422 g/mol. The first kappa shape index (κ1) is 24.5. The van der Waals surface area contributed by atoms with E-state index in [1.807, 2.05) is 26.8 Å². The molecule has 1 N–H and O–H groups in total. The van der Waals surface area contributed by atoms with E-state index in [-0.39, 0.29) is 22.9 Å². The molecule has 3 rings (SSSR count). The smallest absolute Gasteiger partial charge is 0.350 e. The van der Waals surface area contributed by atoms with Crippen molar-refractivity contribution in [2.45, 2.75) is 84.6 Å². The molecule has 0 radical (unpaired) electrons. The Morgan fingerprint density at radius 1 is 1.16 bits per heavy atom. The first-order valence-electron chi connectivity index (χ1n) is 11.6. The van der Waals surface area contributed by atoms with Crippen LogP contribution in [0.5, 0.6) is 0 Å². The summed E-state index contributed by atoms with van der Waals surface area (Å²) < 4.78 is 5.01. The van der Waals surface area contributed by atoms with Gasteiger partial charge in [-0.3, -0.25) is 9.59 Å². The number of esters is 1. The number of anilines is 1. The molecule has 32 heavy (non-hydrogen) atoms. The van der Waals surface area contributed by atoms with E-state index in [4.69, 9.17) is 4.74 Å². The average Bonchev–Trinajstić information content (AvgIpc) is 3.15. The highest BCUT2D eigenvalue weighted by Gasteiger charge is 2.45. The number of ketones is 2. The number of thiophene rings is 1. The summed E-state index contributed by atoms with van der Waals surface area (Å²) in [7, 11) is 1.36. The number of rotatable bonds is 5. The Morgan fingerprint density at radius 3 is 2.34 bits per heavy atom. The summed E-state index contributed by atoms with van der Waals surface area (Å²) in [5.74, 6) is 6.97. The molecule has 0 aliphatic heterocycles. The Kier molecular flexibility index (Phi) is 7.50. The van der Waals surface area contributed by atoms with Crippen LogP contribution in [-0.2, 0) is 14.3 Å². The molecular formula is C26H35NO4S. The van der Waals surface area contributed by atoms with Crippen molar-refractivity contribution in [3.8, 4) is 11.8 Å². The highest BCUT2D eigenvalue weighted by molar-refractivity contribution is 7.15. The maximum Gasteiger partial charge on any atom is 0.350 e. The number of carbonyl (C=O) groups is 3. The molecule has 2 fully saturated rings. The lowest BCUT2D eigenvalue weighted by atomic mass is 9.70. The van der Waals surface area contributed by atoms with E-state index in [2.05, 4.69) is 24.1 Å². The van der Waals surface area contributed by atoms with Gasteiger partial charge >= 0.3 is 5.97 Å². The third-order valence-electron chi connectivity index (χ3n) is 6.56. The minimum atomic E-state index is -0.822. The van der Waals surface area contributed by atoms with E-state index in [1.165, 1.54) is 18.4 Å². The second-order valence-corrected chi connectivity index (χ2v) is 11.5. The van der Waals surface area contributed by atoms with Crippen molar-refractivity contribution in [3.63, 3.8) is 0 Å². The van der Waals surface area contributed by atoms with E-state index >= 15 is 0 Å². The van der Waals surface area contributed by atoms with Gasteiger partial charge in [0.25, 0.3) is 0 Å². The molecule has 1 aromatic heterocycles. The maximum atomic E-state index is 13.8. The van der Waals surface area contributed by atoms with Gasteiger partial charge in [0, 0.05) is 24.2 Å². The Morgan fingerprint density at radius 2 is 1.78 bits per heavy atom. The van der Waals surface area contributed by atoms with Crippen molar-refractivity contribution >= 4 is 34.6 Å². The number of hydrogen-bond acceptors (Lipinski definition) is 6. The highest BCUT2D eigenvalue weighted by atomic mass is 32.1. The van der Waals surface area contributed by atoms with Gasteiger partial charge in [-0.15, -0.1) is 11.3 Å². The van der Waals surface area contributed by atoms with E-state index < -0.39 is 11.5 Å². The Bertz CT molecular complexity index is 925. The second kappa shape index (κ2) is 9.79. The molecule has 0 amide bonds. The third kappa shape index (κ3) is 5.81. The summed E-state index contributed by atoms with van der Waals surface area (Å²) >= 11 is 1.28. The average molecular weight is 458 g/mol. The number of nitrogens with one attached hydrogen (secondary N) is 1. The standard InChI is InChI=1S/C26H35NO4S/c1-17-6-8-18(9-7-17)23(29)26(14-10-19(28)11-15-26)27-21-16-20(12-13-25(2,3)4)32-22(21)24(30)31-5/h16-18,27H,6-11,14-15H2,1-5H3. The molecule has 6 heteroatoms. The van der Waals surface area contributed by atoms with Crippen molar-refractivity contribution < 1.29 is 19.1 Å². The lowest BCUT2D eigenvalue weighted by molar-refractivity contribution is -0.131. The van der Waals surface area contributed by atoms with E-state index in [1.54, 1.807) is 0 Å². The fraction of sp³-hybridized carbons (Fsp3) is 0.654. The molecule has 1 heterocycles. The number of methoxy groups -OCH3 is 1. The molecule has 2 aliphatic carbocycles. The summed E-state index contributed by atoms with van der Waals surface area (Å²) in [6, 6.07) is 1.85. The lowest BCUT2D eigenvalue weighted by Gasteiger charge is -2.40. The zero-order valence-corrected chi connectivity index (χ0v) is 20.7. The van der Waals surface area contributed by atoms with Crippen LogP contribution in [-0.4, -0.2) is 30.2 Å². The van der Waals surface area contributed by atoms with Crippen molar-refractivity contribution in [2.75, 3.05) is 12.4 Å². The fourth-order valence-electron chi connectivity index (χ4n) is 4.60. The fourth-order valence-corrected chi connectivity index (χ4v) is 5.48. The molecule has 5 nitrogen and oxygen atoms in total. The second-order valence-electron chi connectivity index (χ2n) is 10.4. The summed E-state index contributed by atoms with van der Waals surface area (Å²) in [6.45, 7) is 8.34. The van der Waals surface area contributed by atoms with Gasteiger partial charge in [0.1, 0.15) is 10.7 Å². The molecule has 0 unspecified atom stereocenters.